The molecule has 1 aliphatic rings. The maximum atomic E-state index is 11.8. The smallest absolute Gasteiger partial charge is 0.230 e. The van der Waals surface area contributed by atoms with Gasteiger partial charge in [-0.25, -0.2) is 4.98 Å². The lowest BCUT2D eigenvalue weighted by molar-refractivity contribution is -0.120. The normalized spacial score (nSPS) is 19.9. The summed E-state index contributed by atoms with van der Waals surface area (Å²) in [4.78, 5) is 16.0. The summed E-state index contributed by atoms with van der Waals surface area (Å²) >= 11 is 1.48. The molecule has 16 heavy (non-hydrogen) atoms. The Kier molecular flexibility index (Phi) is 5.18. The third-order valence-electron chi connectivity index (χ3n) is 2.52. The molecule has 2 heterocycles. The molecule has 1 fully saturated rings. The molecule has 4 nitrogen and oxygen atoms in total. The summed E-state index contributed by atoms with van der Waals surface area (Å²) in [5.74, 6) is 0.194. The van der Waals surface area contributed by atoms with E-state index in [1.54, 1.807) is 0 Å². The number of aromatic nitrogens is 1. The summed E-state index contributed by atoms with van der Waals surface area (Å²) in [5.41, 5.74) is 0.956. The second-order valence-corrected chi connectivity index (χ2v) is 4.68. The highest BCUT2D eigenvalue weighted by Crippen LogP contribution is 2.17. The van der Waals surface area contributed by atoms with Gasteiger partial charge in [-0.2, -0.15) is 0 Å². The van der Waals surface area contributed by atoms with Gasteiger partial charge in [0.05, 0.1) is 11.6 Å². The third kappa shape index (κ3) is 3.43. The number of halogens is 1. The van der Waals surface area contributed by atoms with E-state index in [1.165, 1.54) is 11.3 Å². The van der Waals surface area contributed by atoms with Crippen LogP contribution < -0.4 is 10.6 Å². The summed E-state index contributed by atoms with van der Waals surface area (Å²) in [6, 6.07) is 0. The van der Waals surface area contributed by atoms with Crippen LogP contribution in [0.5, 0.6) is 0 Å². The Balaban J connectivity index is 0.00000128. The summed E-state index contributed by atoms with van der Waals surface area (Å²) < 4.78 is 0. The number of piperidine rings is 1. The highest BCUT2D eigenvalue weighted by atomic mass is 35.5. The molecule has 0 aromatic carbocycles. The molecule has 0 saturated carbocycles. The molecule has 0 spiro atoms. The molecule has 1 aromatic heterocycles. The van der Waals surface area contributed by atoms with Crippen LogP contribution in [0.3, 0.4) is 0 Å². The molecule has 2 N–H and O–H groups in total. The molecule has 0 radical (unpaired) electrons. The fraction of sp³-hybridized carbons (Fsp3) is 0.600. The summed E-state index contributed by atoms with van der Waals surface area (Å²) in [5, 5.41) is 8.74. The van der Waals surface area contributed by atoms with Gasteiger partial charge in [-0.1, -0.05) is 0 Å². The van der Waals surface area contributed by atoms with Crippen molar-refractivity contribution in [3.63, 3.8) is 0 Å². The number of anilines is 1. The van der Waals surface area contributed by atoms with E-state index in [-0.39, 0.29) is 24.2 Å². The lowest BCUT2D eigenvalue weighted by Crippen LogP contribution is -2.37. The minimum Gasteiger partial charge on any atom is -0.316 e. The van der Waals surface area contributed by atoms with Gasteiger partial charge in [-0.05, 0) is 26.3 Å². The zero-order valence-corrected chi connectivity index (χ0v) is 10.8. The second-order valence-electron chi connectivity index (χ2n) is 3.83. The van der Waals surface area contributed by atoms with Crippen molar-refractivity contribution in [2.24, 2.45) is 5.92 Å². The maximum absolute atomic E-state index is 11.8. The summed E-state index contributed by atoms with van der Waals surface area (Å²) in [6.07, 6.45) is 2.05. The van der Waals surface area contributed by atoms with Gasteiger partial charge in [0.2, 0.25) is 5.91 Å². The van der Waals surface area contributed by atoms with E-state index in [4.69, 9.17) is 0 Å². The fourth-order valence-electron chi connectivity index (χ4n) is 1.69. The first-order chi connectivity index (χ1) is 7.25. The molecule has 1 saturated heterocycles. The Morgan fingerprint density at radius 1 is 1.69 bits per heavy atom. The zero-order valence-electron chi connectivity index (χ0n) is 9.16. The lowest BCUT2D eigenvalue weighted by Gasteiger charge is -2.21. The van der Waals surface area contributed by atoms with Gasteiger partial charge in [0, 0.05) is 11.9 Å². The van der Waals surface area contributed by atoms with Crippen molar-refractivity contribution in [2.75, 3.05) is 18.4 Å². The van der Waals surface area contributed by atoms with Crippen molar-refractivity contribution >= 4 is 34.8 Å². The number of nitrogens with zero attached hydrogens (tertiary/aromatic N) is 1. The van der Waals surface area contributed by atoms with Gasteiger partial charge in [0.25, 0.3) is 0 Å². The maximum Gasteiger partial charge on any atom is 0.230 e. The topological polar surface area (TPSA) is 54.0 Å². The van der Waals surface area contributed by atoms with Crippen molar-refractivity contribution in [1.29, 1.82) is 0 Å². The zero-order chi connectivity index (χ0) is 10.7. The largest absolute Gasteiger partial charge is 0.316 e. The molecule has 1 aromatic rings. The number of amides is 1. The molecule has 1 unspecified atom stereocenters. The van der Waals surface area contributed by atoms with Gasteiger partial charge in [-0.15, -0.1) is 23.7 Å². The summed E-state index contributed by atoms with van der Waals surface area (Å²) in [6.45, 7) is 3.74. The van der Waals surface area contributed by atoms with Crippen LogP contribution in [0.2, 0.25) is 0 Å². The molecule has 2 rings (SSSR count). The number of thiazole rings is 1. The molecule has 0 aliphatic carbocycles. The van der Waals surface area contributed by atoms with Gasteiger partial charge >= 0.3 is 0 Å². The highest BCUT2D eigenvalue weighted by Gasteiger charge is 2.21. The fourth-order valence-corrected chi connectivity index (χ4v) is 2.39. The van der Waals surface area contributed by atoms with Gasteiger partial charge in [-0.3, -0.25) is 4.79 Å². The van der Waals surface area contributed by atoms with Crippen molar-refractivity contribution in [3.05, 3.63) is 11.1 Å². The Morgan fingerprint density at radius 3 is 3.06 bits per heavy atom. The first kappa shape index (κ1) is 13.4. The van der Waals surface area contributed by atoms with Crippen molar-refractivity contribution < 1.29 is 4.79 Å². The van der Waals surface area contributed by atoms with E-state index in [0.29, 0.717) is 5.13 Å². The summed E-state index contributed by atoms with van der Waals surface area (Å²) in [7, 11) is 0. The number of rotatable bonds is 2. The van der Waals surface area contributed by atoms with Gasteiger partial charge in [0.15, 0.2) is 5.13 Å². The van der Waals surface area contributed by atoms with E-state index in [0.717, 1.165) is 31.6 Å². The average Bonchev–Trinajstić information content (AvgIpc) is 2.65. The number of hydrogen-bond acceptors (Lipinski definition) is 4. The predicted octanol–water partition coefficient (Wildman–Crippen LogP) is 1.81. The average molecular weight is 262 g/mol. The van der Waals surface area contributed by atoms with E-state index in [1.807, 2.05) is 12.3 Å². The third-order valence-corrected chi connectivity index (χ3v) is 3.39. The van der Waals surface area contributed by atoms with Crippen molar-refractivity contribution in [3.8, 4) is 0 Å². The monoisotopic (exact) mass is 261 g/mol. The van der Waals surface area contributed by atoms with Gasteiger partial charge < -0.3 is 10.6 Å². The molecular formula is C10H16ClN3OS. The van der Waals surface area contributed by atoms with Crippen molar-refractivity contribution in [1.82, 2.24) is 10.3 Å². The first-order valence-corrected chi connectivity index (χ1v) is 6.07. The Labute approximate surface area is 105 Å². The number of hydrogen-bond donors (Lipinski definition) is 2. The Morgan fingerprint density at radius 2 is 2.50 bits per heavy atom. The number of aryl methyl sites for hydroxylation is 1. The molecule has 1 aliphatic heterocycles. The van der Waals surface area contributed by atoms with Crippen LogP contribution in [0.15, 0.2) is 5.38 Å². The van der Waals surface area contributed by atoms with Crippen LogP contribution >= 0.6 is 23.7 Å². The molecule has 1 atom stereocenters. The quantitative estimate of drug-likeness (QED) is 0.854. The predicted molar refractivity (Wildman–Crippen MR) is 68.3 cm³/mol. The minimum atomic E-state index is 0. The first-order valence-electron chi connectivity index (χ1n) is 5.19. The SMILES string of the molecule is Cc1csc(NC(=O)C2CCCNC2)n1.Cl. The van der Waals surface area contributed by atoms with Crippen molar-refractivity contribution in [2.45, 2.75) is 19.8 Å². The second kappa shape index (κ2) is 6.18. The van der Waals surface area contributed by atoms with Crippen LogP contribution in [-0.2, 0) is 4.79 Å². The van der Waals surface area contributed by atoms with Gasteiger partial charge in [0.1, 0.15) is 0 Å². The van der Waals surface area contributed by atoms with Crippen LogP contribution in [0.1, 0.15) is 18.5 Å². The lowest BCUT2D eigenvalue weighted by atomic mass is 9.99. The number of nitrogens with one attached hydrogen (secondary N) is 2. The van der Waals surface area contributed by atoms with E-state index in [2.05, 4.69) is 15.6 Å². The van der Waals surface area contributed by atoms with E-state index < -0.39 is 0 Å². The van der Waals surface area contributed by atoms with Crippen LogP contribution in [0.4, 0.5) is 5.13 Å². The minimum absolute atomic E-state index is 0. The Hall–Kier alpha value is -0.650. The standard InChI is InChI=1S/C10H15N3OS.ClH/c1-7-6-15-10(12-7)13-9(14)8-3-2-4-11-5-8;/h6,8,11H,2-5H2,1H3,(H,12,13,14);1H. The van der Waals surface area contributed by atoms with Crippen LogP contribution in [0, 0.1) is 12.8 Å². The molecule has 1 amide bonds. The van der Waals surface area contributed by atoms with Crippen LogP contribution in [-0.4, -0.2) is 24.0 Å². The Bertz CT molecular complexity index is 350. The van der Waals surface area contributed by atoms with E-state index >= 15 is 0 Å². The molecule has 6 heteroatoms. The molecule has 90 valence electrons. The van der Waals surface area contributed by atoms with E-state index in [9.17, 15) is 4.79 Å². The molecule has 0 bridgehead atoms. The van der Waals surface area contributed by atoms with Crippen LogP contribution in [0.25, 0.3) is 0 Å². The molecular weight excluding hydrogens is 246 g/mol. The number of carbonyl (C=O) groups is 1. The highest BCUT2D eigenvalue weighted by molar-refractivity contribution is 7.13. The number of carbonyl (C=O) groups excluding carboxylic acids is 1.